The van der Waals surface area contributed by atoms with Crippen molar-refractivity contribution in [1.29, 1.82) is 0 Å². The topological polar surface area (TPSA) is 46.2 Å². The van der Waals surface area contributed by atoms with Gasteiger partial charge in [0.1, 0.15) is 0 Å². The fourth-order valence-corrected chi connectivity index (χ4v) is 5.85. The van der Waals surface area contributed by atoms with Gasteiger partial charge in [-0.05, 0) is 48.4 Å². The second-order valence-corrected chi connectivity index (χ2v) is 8.56. The molecule has 5 heteroatoms. The van der Waals surface area contributed by atoms with Crippen LogP contribution in [0.1, 0.15) is 24.4 Å². The van der Waals surface area contributed by atoms with Gasteiger partial charge in [0.05, 0.1) is 10.6 Å². The van der Waals surface area contributed by atoms with Crippen molar-refractivity contribution < 1.29 is 8.42 Å². The number of nitrogens with one attached hydrogen (secondary N) is 1. The van der Waals surface area contributed by atoms with E-state index in [-0.39, 0.29) is 11.8 Å². The molecule has 0 aromatic heterocycles. The molecule has 1 fully saturated rings. The van der Waals surface area contributed by atoms with Gasteiger partial charge in [0, 0.05) is 6.04 Å². The predicted octanol–water partition coefficient (Wildman–Crippen LogP) is 2.25. The van der Waals surface area contributed by atoms with Crippen LogP contribution in [0.5, 0.6) is 0 Å². The third-order valence-corrected chi connectivity index (χ3v) is 6.87. The van der Waals surface area contributed by atoms with Crippen molar-refractivity contribution in [3.63, 3.8) is 0 Å². The van der Waals surface area contributed by atoms with E-state index >= 15 is 0 Å². The summed E-state index contributed by atoms with van der Waals surface area (Å²) in [6.45, 7) is 0.940. The summed E-state index contributed by atoms with van der Waals surface area (Å²) in [7, 11) is -3.07. The van der Waals surface area contributed by atoms with Gasteiger partial charge in [-0.3, -0.25) is 0 Å². The van der Waals surface area contributed by atoms with E-state index in [4.69, 9.17) is 0 Å². The number of fused-ring (bicyclic) bond motifs is 1. The van der Waals surface area contributed by atoms with Crippen molar-refractivity contribution in [2.75, 3.05) is 23.8 Å². The first-order valence-corrected chi connectivity index (χ1v) is 9.60. The van der Waals surface area contributed by atoms with Gasteiger partial charge in [0.15, 0.2) is 9.84 Å². The number of sulfone groups is 1. The third kappa shape index (κ3) is 2.83. The average molecular weight is 297 g/mol. The molecule has 1 saturated heterocycles. The second kappa shape index (κ2) is 5.46. The Morgan fingerprint density at radius 1 is 1.21 bits per heavy atom. The van der Waals surface area contributed by atoms with Crippen LogP contribution in [-0.2, 0) is 9.84 Å². The normalized spacial score (nSPS) is 26.2. The van der Waals surface area contributed by atoms with Crippen LogP contribution in [-0.4, -0.2) is 32.2 Å². The summed E-state index contributed by atoms with van der Waals surface area (Å²) >= 11 is 2.02. The molecule has 1 atom stereocenters. The molecule has 19 heavy (non-hydrogen) atoms. The highest BCUT2D eigenvalue weighted by atomic mass is 32.2. The quantitative estimate of drug-likeness (QED) is 0.929. The van der Waals surface area contributed by atoms with Gasteiger partial charge in [-0.15, -0.1) is 0 Å². The molecular weight excluding hydrogens is 278 g/mol. The van der Waals surface area contributed by atoms with Crippen molar-refractivity contribution in [2.24, 2.45) is 5.92 Å². The highest BCUT2D eigenvalue weighted by Crippen LogP contribution is 2.33. The summed E-state index contributed by atoms with van der Waals surface area (Å²) in [6, 6.07) is 7.37. The molecule has 2 aliphatic heterocycles. The van der Waals surface area contributed by atoms with E-state index < -0.39 is 9.84 Å². The lowest BCUT2D eigenvalue weighted by Gasteiger charge is -2.23. The standard InChI is InChI=1S/C14H19NO2S2/c16-19(17)10-13(12-3-1-2-4-14(12)19)15-9-11-5-7-18-8-6-11/h1-4,11,13,15H,5-10H2. The highest BCUT2D eigenvalue weighted by molar-refractivity contribution is 7.99. The minimum Gasteiger partial charge on any atom is -0.309 e. The zero-order chi connectivity index (χ0) is 13.3. The predicted molar refractivity (Wildman–Crippen MR) is 79.3 cm³/mol. The summed E-state index contributed by atoms with van der Waals surface area (Å²) in [4.78, 5) is 0.520. The molecule has 0 saturated carbocycles. The second-order valence-electron chi connectivity index (χ2n) is 5.34. The summed E-state index contributed by atoms with van der Waals surface area (Å²) in [5.41, 5.74) is 0.952. The maximum atomic E-state index is 12.1. The Labute approximate surface area is 119 Å². The molecule has 1 N–H and O–H groups in total. The van der Waals surface area contributed by atoms with Gasteiger partial charge in [-0.25, -0.2) is 8.42 Å². The summed E-state index contributed by atoms with van der Waals surface area (Å²) in [6.07, 6.45) is 2.50. The molecule has 1 aromatic carbocycles. The lowest BCUT2D eigenvalue weighted by molar-refractivity contribution is 0.422. The molecule has 3 nitrogen and oxygen atoms in total. The van der Waals surface area contributed by atoms with Gasteiger partial charge in [0.2, 0.25) is 0 Å². The number of hydrogen-bond acceptors (Lipinski definition) is 4. The molecule has 2 heterocycles. The zero-order valence-electron chi connectivity index (χ0n) is 10.8. The third-order valence-electron chi connectivity index (χ3n) is 4.01. The van der Waals surface area contributed by atoms with Gasteiger partial charge in [-0.1, -0.05) is 18.2 Å². The minimum atomic E-state index is -3.07. The maximum absolute atomic E-state index is 12.1. The molecular formula is C14H19NO2S2. The average Bonchev–Trinajstić information content (AvgIpc) is 2.70. The maximum Gasteiger partial charge on any atom is 0.180 e. The molecule has 0 radical (unpaired) electrons. The Hall–Kier alpha value is -0.520. The van der Waals surface area contributed by atoms with Gasteiger partial charge in [-0.2, -0.15) is 11.8 Å². The fourth-order valence-electron chi connectivity index (χ4n) is 2.88. The van der Waals surface area contributed by atoms with E-state index in [0.29, 0.717) is 10.8 Å². The first-order valence-electron chi connectivity index (χ1n) is 6.79. The van der Waals surface area contributed by atoms with Gasteiger partial charge < -0.3 is 5.32 Å². The van der Waals surface area contributed by atoms with Crippen LogP contribution < -0.4 is 5.32 Å². The van der Waals surface area contributed by atoms with Crippen LogP contribution in [0.3, 0.4) is 0 Å². The first kappa shape index (κ1) is 13.5. The van der Waals surface area contributed by atoms with Crippen LogP contribution >= 0.6 is 11.8 Å². The van der Waals surface area contributed by atoms with Crippen LogP contribution in [0, 0.1) is 5.92 Å². The lowest BCUT2D eigenvalue weighted by atomic mass is 10.0. The molecule has 1 aromatic rings. The molecule has 0 aliphatic carbocycles. The monoisotopic (exact) mass is 297 g/mol. The van der Waals surface area contributed by atoms with Crippen LogP contribution in [0.4, 0.5) is 0 Å². The van der Waals surface area contributed by atoms with E-state index in [9.17, 15) is 8.42 Å². The Morgan fingerprint density at radius 3 is 2.74 bits per heavy atom. The van der Waals surface area contributed by atoms with Gasteiger partial charge in [0.25, 0.3) is 0 Å². The molecule has 0 spiro atoms. The minimum absolute atomic E-state index is 0.0178. The number of rotatable bonds is 3. The number of thioether (sulfide) groups is 1. The molecule has 104 valence electrons. The van der Waals surface area contributed by atoms with Crippen molar-refractivity contribution in [3.8, 4) is 0 Å². The molecule has 3 rings (SSSR count). The molecule has 0 amide bonds. The van der Waals surface area contributed by atoms with Gasteiger partial charge >= 0.3 is 0 Å². The Morgan fingerprint density at radius 2 is 1.95 bits per heavy atom. The largest absolute Gasteiger partial charge is 0.309 e. The van der Waals surface area contributed by atoms with E-state index in [1.807, 2.05) is 23.9 Å². The van der Waals surface area contributed by atoms with Crippen molar-refractivity contribution >= 4 is 21.6 Å². The number of benzene rings is 1. The molecule has 0 bridgehead atoms. The van der Waals surface area contributed by atoms with Crippen LogP contribution in [0.25, 0.3) is 0 Å². The molecule has 2 aliphatic rings. The zero-order valence-corrected chi connectivity index (χ0v) is 12.5. The lowest BCUT2D eigenvalue weighted by Crippen LogP contribution is -2.30. The summed E-state index contributed by atoms with van der Waals surface area (Å²) < 4.78 is 24.1. The SMILES string of the molecule is O=S1(=O)CC(NCC2CCSCC2)c2ccccc21. The summed E-state index contributed by atoms with van der Waals surface area (Å²) in [5, 5.41) is 3.47. The Kier molecular flexibility index (Phi) is 3.87. The first-order chi connectivity index (χ1) is 9.17. The smallest absolute Gasteiger partial charge is 0.180 e. The Bertz CT molecular complexity index is 550. The van der Waals surface area contributed by atoms with Crippen LogP contribution in [0.15, 0.2) is 29.2 Å². The van der Waals surface area contributed by atoms with E-state index in [0.717, 1.165) is 12.1 Å². The summed E-state index contributed by atoms with van der Waals surface area (Å²) in [5.74, 6) is 3.41. The number of hydrogen-bond donors (Lipinski definition) is 1. The fraction of sp³-hybridized carbons (Fsp3) is 0.571. The van der Waals surface area contributed by atoms with E-state index in [1.54, 1.807) is 12.1 Å². The highest BCUT2D eigenvalue weighted by Gasteiger charge is 2.34. The molecule has 1 unspecified atom stereocenters. The van der Waals surface area contributed by atoms with Crippen molar-refractivity contribution in [1.82, 2.24) is 5.32 Å². The van der Waals surface area contributed by atoms with Crippen molar-refractivity contribution in [3.05, 3.63) is 29.8 Å². The van der Waals surface area contributed by atoms with E-state index in [1.165, 1.54) is 24.3 Å². The van der Waals surface area contributed by atoms with E-state index in [2.05, 4.69) is 5.32 Å². The Balaban J connectivity index is 1.70. The van der Waals surface area contributed by atoms with Crippen molar-refractivity contribution in [2.45, 2.75) is 23.8 Å². The van der Waals surface area contributed by atoms with Crippen LogP contribution in [0.2, 0.25) is 0 Å².